The fraction of sp³-hybridized carbons (Fsp3) is 0.346. The first-order chi connectivity index (χ1) is 16.4. The van der Waals surface area contributed by atoms with Gasteiger partial charge in [-0.05, 0) is 61.2 Å². The Labute approximate surface area is 197 Å². The van der Waals surface area contributed by atoms with E-state index < -0.39 is 0 Å². The Kier molecular flexibility index (Phi) is 7.35. The van der Waals surface area contributed by atoms with Crippen molar-refractivity contribution >= 4 is 11.9 Å². The van der Waals surface area contributed by atoms with E-state index in [9.17, 15) is 18.4 Å². The summed E-state index contributed by atoms with van der Waals surface area (Å²) in [6.07, 6.45) is 3.03. The number of hydrogen-bond donors (Lipinski definition) is 1. The van der Waals surface area contributed by atoms with Crippen molar-refractivity contribution in [2.45, 2.75) is 58.2 Å². The van der Waals surface area contributed by atoms with E-state index in [1.165, 1.54) is 24.3 Å². The average molecular weight is 468 g/mol. The van der Waals surface area contributed by atoms with Gasteiger partial charge in [0, 0.05) is 31.5 Å². The first-order valence-electron chi connectivity index (χ1n) is 11.5. The molecule has 1 saturated heterocycles. The highest BCUT2D eigenvalue weighted by atomic mass is 19.1. The Hall–Kier alpha value is -3.55. The molecule has 0 radical (unpaired) electrons. The van der Waals surface area contributed by atoms with Crippen molar-refractivity contribution in [3.63, 3.8) is 0 Å². The lowest BCUT2D eigenvalue weighted by Gasteiger charge is -2.23. The van der Waals surface area contributed by atoms with Crippen LogP contribution in [-0.2, 0) is 29.0 Å². The summed E-state index contributed by atoms with van der Waals surface area (Å²) in [5.41, 5.74) is 2.50. The van der Waals surface area contributed by atoms with Gasteiger partial charge in [-0.25, -0.2) is 13.8 Å². The third-order valence-corrected chi connectivity index (χ3v) is 5.97. The van der Waals surface area contributed by atoms with Crippen LogP contribution >= 0.6 is 0 Å². The van der Waals surface area contributed by atoms with Gasteiger partial charge in [0.25, 0.3) is 5.91 Å². The molecule has 2 heterocycles. The Morgan fingerprint density at radius 1 is 1.12 bits per heavy atom. The molecule has 34 heavy (non-hydrogen) atoms. The molecule has 1 fully saturated rings. The van der Waals surface area contributed by atoms with E-state index in [1.54, 1.807) is 24.3 Å². The fourth-order valence-corrected chi connectivity index (χ4v) is 4.21. The van der Waals surface area contributed by atoms with E-state index in [0.29, 0.717) is 42.9 Å². The van der Waals surface area contributed by atoms with Gasteiger partial charge in [-0.15, -0.1) is 0 Å². The molecule has 8 heteroatoms. The van der Waals surface area contributed by atoms with Crippen molar-refractivity contribution in [2.24, 2.45) is 0 Å². The van der Waals surface area contributed by atoms with Crippen molar-refractivity contribution in [3.05, 3.63) is 77.1 Å². The number of nitrogens with zero attached hydrogens (tertiary/aromatic N) is 2. The second-order valence-corrected chi connectivity index (χ2v) is 8.34. The van der Waals surface area contributed by atoms with Crippen LogP contribution < -0.4 is 5.32 Å². The summed E-state index contributed by atoms with van der Waals surface area (Å²) in [6.45, 7) is 2.68. The normalized spacial score (nSPS) is 15.7. The predicted octanol–water partition coefficient (Wildman–Crippen LogP) is 4.81. The summed E-state index contributed by atoms with van der Waals surface area (Å²) in [6, 6.07) is 11.9. The number of hydrogen-bond acceptors (Lipinski definition) is 4. The number of aromatic nitrogens is 2. The van der Waals surface area contributed by atoms with Crippen LogP contribution in [0.1, 0.15) is 54.4 Å². The smallest absolute Gasteiger partial charge is 0.306 e. The van der Waals surface area contributed by atoms with Gasteiger partial charge >= 0.3 is 5.97 Å². The molecule has 0 spiro atoms. The number of halogens is 2. The molecule has 3 aromatic rings. The second-order valence-electron chi connectivity index (χ2n) is 8.34. The number of ether oxygens (including phenoxy) is 1. The Bertz CT molecular complexity index is 1160. The highest BCUT2D eigenvalue weighted by molar-refractivity contribution is 5.94. The highest BCUT2D eigenvalue weighted by Gasteiger charge is 2.25. The quantitative estimate of drug-likeness (QED) is 0.483. The lowest BCUT2D eigenvalue weighted by atomic mass is 10.1. The summed E-state index contributed by atoms with van der Waals surface area (Å²) < 4.78 is 34.1. The lowest BCUT2D eigenvalue weighted by Crippen LogP contribution is -2.26. The monoisotopic (exact) mass is 467 g/mol. The topological polar surface area (TPSA) is 73.2 Å². The van der Waals surface area contributed by atoms with Crippen molar-refractivity contribution in [1.29, 1.82) is 0 Å². The minimum Gasteiger partial charge on any atom is -0.462 e. The third-order valence-electron chi connectivity index (χ3n) is 5.97. The molecule has 2 aromatic carbocycles. The zero-order chi connectivity index (χ0) is 24.1. The van der Waals surface area contributed by atoms with Gasteiger partial charge < -0.3 is 14.6 Å². The van der Waals surface area contributed by atoms with Crippen molar-refractivity contribution < 1.29 is 23.1 Å². The molecular formula is C26H27F2N3O3. The number of amides is 1. The summed E-state index contributed by atoms with van der Waals surface area (Å²) in [5, 5.41) is 2.86. The minimum atomic E-state index is -0.357. The van der Waals surface area contributed by atoms with Crippen LogP contribution in [0.4, 0.5) is 8.78 Å². The standard InChI is InChI=1S/C26H27F2N3O3/c1-2-22-24(26(33)29-16-17-6-10-19(27)11-7-17)30-25(18-8-12-20(28)13-9-18)31(22)15-14-21-4-3-5-23(32)34-21/h6-13,21H,2-5,14-16H2,1H3,(H,29,33). The molecular weight excluding hydrogens is 440 g/mol. The Morgan fingerprint density at radius 3 is 2.44 bits per heavy atom. The number of cyclic esters (lactones) is 1. The highest BCUT2D eigenvalue weighted by Crippen LogP contribution is 2.26. The molecule has 1 aliphatic heterocycles. The second kappa shape index (κ2) is 10.6. The molecule has 0 bridgehead atoms. The molecule has 0 saturated carbocycles. The van der Waals surface area contributed by atoms with E-state index >= 15 is 0 Å². The summed E-state index contributed by atoms with van der Waals surface area (Å²) in [7, 11) is 0. The Morgan fingerprint density at radius 2 is 1.79 bits per heavy atom. The van der Waals surface area contributed by atoms with Gasteiger partial charge in [0.2, 0.25) is 0 Å². The lowest BCUT2D eigenvalue weighted by molar-refractivity contribution is -0.154. The molecule has 1 aromatic heterocycles. The number of esters is 1. The van der Waals surface area contributed by atoms with Gasteiger partial charge in [-0.2, -0.15) is 0 Å². The Balaban J connectivity index is 1.60. The number of benzene rings is 2. The summed E-state index contributed by atoms with van der Waals surface area (Å²) in [4.78, 5) is 29.4. The fourth-order valence-electron chi connectivity index (χ4n) is 4.21. The molecule has 0 aliphatic carbocycles. The first-order valence-corrected chi connectivity index (χ1v) is 11.5. The third kappa shape index (κ3) is 5.50. The number of carbonyl (C=O) groups excluding carboxylic acids is 2. The van der Waals surface area contributed by atoms with Crippen LogP contribution in [0, 0.1) is 11.6 Å². The van der Waals surface area contributed by atoms with Crippen LogP contribution in [0.15, 0.2) is 48.5 Å². The van der Waals surface area contributed by atoms with Gasteiger partial charge in [-0.3, -0.25) is 9.59 Å². The van der Waals surface area contributed by atoms with Gasteiger partial charge in [0.15, 0.2) is 0 Å². The SMILES string of the molecule is CCc1c(C(=O)NCc2ccc(F)cc2)nc(-c2ccc(F)cc2)n1CCC1CCCC(=O)O1. The van der Waals surface area contributed by atoms with Gasteiger partial charge in [0.05, 0.1) is 5.69 Å². The maximum absolute atomic E-state index is 13.5. The van der Waals surface area contributed by atoms with Crippen molar-refractivity contribution in [1.82, 2.24) is 14.9 Å². The summed E-state index contributed by atoms with van der Waals surface area (Å²) in [5.74, 6) is -0.658. The predicted molar refractivity (Wildman–Crippen MR) is 123 cm³/mol. The molecule has 1 aliphatic rings. The maximum Gasteiger partial charge on any atom is 0.306 e. The summed E-state index contributed by atoms with van der Waals surface area (Å²) >= 11 is 0. The van der Waals surface area contributed by atoms with Crippen LogP contribution in [0.5, 0.6) is 0 Å². The van der Waals surface area contributed by atoms with Crippen LogP contribution in [0.3, 0.4) is 0 Å². The molecule has 1 atom stereocenters. The number of imidazole rings is 1. The molecule has 4 rings (SSSR count). The van der Waals surface area contributed by atoms with Crippen LogP contribution in [-0.4, -0.2) is 27.5 Å². The first kappa shape index (κ1) is 23.6. The van der Waals surface area contributed by atoms with Gasteiger partial charge in [-0.1, -0.05) is 19.1 Å². The molecule has 6 nitrogen and oxygen atoms in total. The molecule has 178 valence electrons. The molecule has 1 amide bonds. The van der Waals surface area contributed by atoms with Gasteiger partial charge in [0.1, 0.15) is 29.3 Å². The largest absolute Gasteiger partial charge is 0.462 e. The molecule has 1 N–H and O–H groups in total. The number of nitrogens with one attached hydrogen (secondary N) is 1. The van der Waals surface area contributed by atoms with E-state index in [0.717, 1.165) is 24.1 Å². The van der Waals surface area contributed by atoms with Crippen LogP contribution in [0.2, 0.25) is 0 Å². The van der Waals surface area contributed by atoms with Crippen LogP contribution in [0.25, 0.3) is 11.4 Å². The number of carbonyl (C=O) groups is 2. The minimum absolute atomic E-state index is 0.176. The molecule has 1 unspecified atom stereocenters. The van der Waals surface area contributed by atoms with E-state index in [-0.39, 0.29) is 36.2 Å². The van der Waals surface area contributed by atoms with E-state index in [1.807, 2.05) is 11.5 Å². The average Bonchev–Trinajstić information content (AvgIpc) is 3.21. The zero-order valence-corrected chi connectivity index (χ0v) is 19.0. The van der Waals surface area contributed by atoms with Crippen molar-refractivity contribution in [3.8, 4) is 11.4 Å². The van der Waals surface area contributed by atoms with E-state index in [2.05, 4.69) is 10.3 Å². The maximum atomic E-state index is 13.5. The van der Waals surface area contributed by atoms with Crippen molar-refractivity contribution in [2.75, 3.05) is 0 Å². The van der Waals surface area contributed by atoms with E-state index in [4.69, 9.17) is 4.74 Å². The zero-order valence-electron chi connectivity index (χ0n) is 19.0. The number of rotatable bonds is 8.